The normalized spacial score (nSPS) is 12.6. The Kier molecular flexibility index (Phi) is 5.78. The van der Waals surface area contributed by atoms with Crippen molar-refractivity contribution >= 4 is 28.8 Å². The van der Waals surface area contributed by atoms with Crippen molar-refractivity contribution in [1.82, 2.24) is 10.3 Å². The Bertz CT molecular complexity index is 972. The summed E-state index contributed by atoms with van der Waals surface area (Å²) in [4.78, 5) is 16.8. The first kappa shape index (κ1) is 18.8. The molecule has 0 saturated heterocycles. The number of carbonyl (C=O) groups is 1. The molecular formula is C21H19ClN2O3S. The van der Waals surface area contributed by atoms with Gasteiger partial charge in [-0.1, -0.05) is 29.8 Å². The number of thiazole rings is 1. The molecule has 1 aliphatic heterocycles. The summed E-state index contributed by atoms with van der Waals surface area (Å²) < 4.78 is 11.1. The van der Waals surface area contributed by atoms with E-state index >= 15 is 0 Å². The van der Waals surface area contributed by atoms with Crippen LogP contribution in [-0.4, -0.2) is 30.6 Å². The summed E-state index contributed by atoms with van der Waals surface area (Å²) in [6, 6.07) is 13.4. The van der Waals surface area contributed by atoms with Crippen molar-refractivity contribution in [2.24, 2.45) is 0 Å². The van der Waals surface area contributed by atoms with Gasteiger partial charge in [0.15, 0.2) is 11.5 Å². The standard InChI is InChI=1S/C21H19ClN2O3S/c22-16-4-2-15(3-5-16)21-24-17(13-28-21)12-20(25)23-8-7-14-1-6-18-19(11-14)27-10-9-26-18/h1-6,11,13H,7-10,12H2,(H,23,25). The zero-order valence-corrected chi connectivity index (χ0v) is 16.7. The van der Waals surface area contributed by atoms with Crippen molar-refractivity contribution in [3.8, 4) is 22.1 Å². The van der Waals surface area contributed by atoms with Gasteiger partial charge in [-0.3, -0.25) is 4.79 Å². The van der Waals surface area contributed by atoms with Gasteiger partial charge in [-0.05, 0) is 36.2 Å². The Hall–Kier alpha value is -2.57. The molecule has 1 amide bonds. The number of nitrogens with one attached hydrogen (secondary N) is 1. The van der Waals surface area contributed by atoms with Crippen LogP contribution in [0, 0.1) is 0 Å². The summed E-state index contributed by atoms with van der Waals surface area (Å²) in [7, 11) is 0. The van der Waals surface area contributed by atoms with E-state index in [2.05, 4.69) is 10.3 Å². The summed E-state index contributed by atoms with van der Waals surface area (Å²) >= 11 is 7.44. The molecule has 144 valence electrons. The van der Waals surface area contributed by atoms with Gasteiger partial charge in [-0.25, -0.2) is 4.98 Å². The van der Waals surface area contributed by atoms with Crippen LogP contribution in [0.4, 0.5) is 0 Å². The lowest BCUT2D eigenvalue weighted by molar-refractivity contribution is -0.120. The molecule has 0 unspecified atom stereocenters. The van der Waals surface area contributed by atoms with Crippen molar-refractivity contribution in [3.63, 3.8) is 0 Å². The number of nitrogens with zero attached hydrogens (tertiary/aromatic N) is 1. The number of hydrogen-bond donors (Lipinski definition) is 1. The number of amides is 1. The first-order chi connectivity index (χ1) is 13.7. The lowest BCUT2D eigenvalue weighted by Crippen LogP contribution is -2.27. The maximum absolute atomic E-state index is 12.2. The Balaban J connectivity index is 1.27. The van der Waals surface area contributed by atoms with Crippen molar-refractivity contribution in [2.45, 2.75) is 12.8 Å². The van der Waals surface area contributed by atoms with E-state index in [1.165, 1.54) is 11.3 Å². The number of benzene rings is 2. The molecule has 1 aliphatic rings. The molecule has 0 atom stereocenters. The van der Waals surface area contributed by atoms with Crippen LogP contribution in [0.5, 0.6) is 11.5 Å². The van der Waals surface area contributed by atoms with Gasteiger partial charge in [0, 0.05) is 22.5 Å². The topological polar surface area (TPSA) is 60.5 Å². The molecule has 0 radical (unpaired) electrons. The van der Waals surface area contributed by atoms with Gasteiger partial charge >= 0.3 is 0 Å². The van der Waals surface area contributed by atoms with Gasteiger partial charge in [0.1, 0.15) is 18.2 Å². The fourth-order valence-corrected chi connectivity index (χ4v) is 3.88. The highest BCUT2D eigenvalue weighted by Crippen LogP contribution is 2.30. The van der Waals surface area contributed by atoms with Crippen molar-refractivity contribution in [3.05, 3.63) is 64.1 Å². The number of carbonyl (C=O) groups excluding carboxylic acids is 1. The Morgan fingerprint density at radius 1 is 1.11 bits per heavy atom. The van der Waals surface area contributed by atoms with Crippen LogP contribution in [0.2, 0.25) is 5.02 Å². The summed E-state index contributed by atoms with van der Waals surface area (Å²) in [6.45, 7) is 1.71. The second-order valence-corrected chi connectivity index (χ2v) is 7.70. The molecular weight excluding hydrogens is 396 g/mol. The monoisotopic (exact) mass is 414 g/mol. The fraction of sp³-hybridized carbons (Fsp3) is 0.238. The number of aromatic nitrogens is 1. The van der Waals surface area contributed by atoms with Crippen LogP contribution in [0.3, 0.4) is 0 Å². The predicted molar refractivity (Wildman–Crippen MR) is 110 cm³/mol. The minimum Gasteiger partial charge on any atom is -0.486 e. The van der Waals surface area contributed by atoms with E-state index in [9.17, 15) is 4.79 Å². The molecule has 0 bridgehead atoms. The van der Waals surface area contributed by atoms with Crippen molar-refractivity contribution in [2.75, 3.05) is 19.8 Å². The Labute approximate surface area is 172 Å². The van der Waals surface area contributed by atoms with Crippen molar-refractivity contribution < 1.29 is 14.3 Å². The molecule has 2 aromatic carbocycles. The molecule has 0 saturated carbocycles. The highest BCUT2D eigenvalue weighted by atomic mass is 35.5. The molecule has 5 nitrogen and oxygen atoms in total. The number of rotatable bonds is 6. The van der Waals surface area contributed by atoms with E-state index in [1.54, 1.807) is 0 Å². The largest absolute Gasteiger partial charge is 0.486 e. The Morgan fingerprint density at radius 3 is 2.71 bits per heavy atom. The maximum Gasteiger partial charge on any atom is 0.226 e. The summed E-state index contributed by atoms with van der Waals surface area (Å²) in [6.07, 6.45) is 1.00. The van der Waals surface area contributed by atoms with Crippen LogP contribution in [0.15, 0.2) is 47.8 Å². The SMILES string of the molecule is O=C(Cc1csc(-c2ccc(Cl)cc2)n1)NCCc1ccc2c(c1)OCCO2. The number of halogens is 1. The van der Waals surface area contributed by atoms with Gasteiger partial charge in [0.2, 0.25) is 5.91 Å². The zero-order valence-electron chi connectivity index (χ0n) is 15.1. The lowest BCUT2D eigenvalue weighted by Gasteiger charge is -2.18. The summed E-state index contributed by atoms with van der Waals surface area (Å²) in [5.74, 6) is 1.51. The molecule has 28 heavy (non-hydrogen) atoms. The molecule has 1 aromatic heterocycles. The number of ether oxygens (including phenoxy) is 2. The van der Waals surface area contributed by atoms with Gasteiger partial charge in [-0.15, -0.1) is 11.3 Å². The highest BCUT2D eigenvalue weighted by molar-refractivity contribution is 7.13. The number of hydrogen-bond acceptors (Lipinski definition) is 5. The van der Waals surface area contributed by atoms with Gasteiger partial charge in [-0.2, -0.15) is 0 Å². The molecule has 7 heteroatoms. The number of fused-ring (bicyclic) bond motifs is 1. The minimum atomic E-state index is -0.0366. The second kappa shape index (κ2) is 8.63. The van der Waals surface area contributed by atoms with Crippen LogP contribution in [0.1, 0.15) is 11.3 Å². The molecule has 4 rings (SSSR count). The second-order valence-electron chi connectivity index (χ2n) is 6.41. The van der Waals surface area contributed by atoms with Crippen LogP contribution < -0.4 is 14.8 Å². The molecule has 0 spiro atoms. The van der Waals surface area contributed by atoms with E-state index in [4.69, 9.17) is 21.1 Å². The molecule has 3 aromatic rings. The maximum atomic E-state index is 12.2. The molecule has 0 aliphatic carbocycles. The average molecular weight is 415 g/mol. The van der Waals surface area contributed by atoms with Crippen LogP contribution in [-0.2, 0) is 17.6 Å². The molecule has 1 N–H and O–H groups in total. The first-order valence-electron chi connectivity index (χ1n) is 9.03. The van der Waals surface area contributed by atoms with Crippen LogP contribution >= 0.6 is 22.9 Å². The third-order valence-electron chi connectivity index (χ3n) is 4.33. The average Bonchev–Trinajstić information content (AvgIpc) is 3.17. The lowest BCUT2D eigenvalue weighted by atomic mass is 10.1. The summed E-state index contributed by atoms with van der Waals surface area (Å²) in [5, 5.41) is 6.45. The van der Waals surface area contributed by atoms with Gasteiger partial charge in [0.25, 0.3) is 0 Å². The van der Waals surface area contributed by atoms with Gasteiger partial charge < -0.3 is 14.8 Å². The van der Waals surface area contributed by atoms with E-state index < -0.39 is 0 Å². The Morgan fingerprint density at radius 2 is 1.89 bits per heavy atom. The highest BCUT2D eigenvalue weighted by Gasteiger charge is 2.12. The fourth-order valence-electron chi connectivity index (χ4n) is 2.93. The quantitative estimate of drug-likeness (QED) is 0.658. The van der Waals surface area contributed by atoms with E-state index in [0.29, 0.717) is 24.8 Å². The van der Waals surface area contributed by atoms with E-state index in [-0.39, 0.29) is 12.3 Å². The van der Waals surface area contributed by atoms with Crippen LogP contribution in [0.25, 0.3) is 10.6 Å². The first-order valence-corrected chi connectivity index (χ1v) is 10.3. The third kappa shape index (κ3) is 4.64. The van der Waals surface area contributed by atoms with Gasteiger partial charge in [0.05, 0.1) is 12.1 Å². The predicted octanol–water partition coefficient (Wildman–Crippen LogP) is 4.14. The van der Waals surface area contributed by atoms with E-state index in [1.807, 2.05) is 47.8 Å². The van der Waals surface area contributed by atoms with E-state index in [0.717, 1.165) is 39.7 Å². The molecule has 0 fully saturated rings. The third-order valence-corrected chi connectivity index (χ3v) is 5.52. The van der Waals surface area contributed by atoms with Crippen molar-refractivity contribution in [1.29, 1.82) is 0 Å². The summed E-state index contributed by atoms with van der Waals surface area (Å²) in [5.41, 5.74) is 2.87. The smallest absolute Gasteiger partial charge is 0.226 e. The minimum absolute atomic E-state index is 0.0366. The zero-order chi connectivity index (χ0) is 19.3. The molecule has 2 heterocycles.